The molecule has 18 heavy (non-hydrogen) atoms. The van der Waals surface area contributed by atoms with Gasteiger partial charge in [0.25, 0.3) is 0 Å². The van der Waals surface area contributed by atoms with Crippen LogP contribution in [0.2, 0.25) is 0 Å². The molecule has 0 saturated heterocycles. The van der Waals surface area contributed by atoms with Gasteiger partial charge in [0, 0.05) is 13.1 Å². The Balaban J connectivity index is 2.35. The number of nitrogens with one attached hydrogen (secondary N) is 2. The third kappa shape index (κ3) is 6.19. The maximum atomic E-state index is 11.5. The zero-order valence-electron chi connectivity index (χ0n) is 10.4. The van der Waals surface area contributed by atoms with Crippen molar-refractivity contribution in [2.45, 2.75) is 19.8 Å². The van der Waals surface area contributed by atoms with E-state index in [1.807, 2.05) is 0 Å². The molecule has 0 radical (unpaired) electrons. The highest BCUT2D eigenvalue weighted by Crippen LogP contribution is 2.29. The summed E-state index contributed by atoms with van der Waals surface area (Å²) in [5.74, 6) is -0.967. The molecule has 1 aliphatic carbocycles. The van der Waals surface area contributed by atoms with E-state index in [4.69, 9.17) is 5.11 Å². The molecule has 0 heterocycles. The van der Waals surface area contributed by atoms with Gasteiger partial charge in [0.1, 0.15) is 0 Å². The number of imide groups is 1. The van der Waals surface area contributed by atoms with E-state index in [-0.39, 0.29) is 13.1 Å². The van der Waals surface area contributed by atoms with E-state index in [1.165, 1.54) is 0 Å². The van der Waals surface area contributed by atoms with Gasteiger partial charge in [0.05, 0.1) is 13.1 Å². The number of carboxylic acids is 1. The van der Waals surface area contributed by atoms with Crippen molar-refractivity contribution < 1.29 is 19.5 Å². The number of amides is 3. The molecule has 0 unspecified atom stereocenters. The number of hydrogen-bond acceptors (Lipinski definition) is 4. The first kappa shape index (κ1) is 14.4. The van der Waals surface area contributed by atoms with Crippen LogP contribution in [0.25, 0.3) is 0 Å². The van der Waals surface area contributed by atoms with Crippen molar-refractivity contribution in [3.8, 4) is 0 Å². The molecule has 0 atom stereocenters. The van der Waals surface area contributed by atoms with E-state index in [0.717, 1.165) is 12.8 Å². The van der Waals surface area contributed by atoms with E-state index < -0.39 is 17.9 Å². The lowest BCUT2D eigenvalue weighted by molar-refractivity contribution is -0.138. The van der Waals surface area contributed by atoms with Crippen molar-refractivity contribution in [2.75, 3.05) is 26.2 Å². The van der Waals surface area contributed by atoms with E-state index >= 15 is 0 Å². The lowest BCUT2D eigenvalue weighted by atomic mass is 10.3. The highest BCUT2D eigenvalue weighted by Gasteiger charge is 2.26. The van der Waals surface area contributed by atoms with E-state index in [1.54, 1.807) is 11.8 Å². The van der Waals surface area contributed by atoms with Crippen LogP contribution in [0.3, 0.4) is 0 Å². The number of nitrogens with zero attached hydrogens (tertiary/aromatic N) is 1. The second-order valence-corrected chi connectivity index (χ2v) is 4.41. The molecule has 0 spiro atoms. The molecule has 0 aromatic rings. The van der Waals surface area contributed by atoms with Gasteiger partial charge in [-0.1, -0.05) is 0 Å². The van der Waals surface area contributed by atoms with Crippen LogP contribution in [0, 0.1) is 5.92 Å². The third-order valence-electron chi connectivity index (χ3n) is 2.53. The van der Waals surface area contributed by atoms with Crippen LogP contribution in [0.1, 0.15) is 19.8 Å². The van der Waals surface area contributed by atoms with Gasteiger partial charge in [-0.05, 0) is 25.7 Å². The molecule has 102 valence electrons. The second-order valence-electron chi connectivity index (χ2n) is 4.41. The average molecular weight is 257 g/mol. The molecule has 1 saturated carbocycles. The summed E-state index contributed by atoms with van der Waals surface area (Å²) in [7, 11) is 0. The van der Waals surface area contributed by atoms with Crippen LogP contribution >= 0.6 is 0 Å². The van der Waals surface area contributed by atoms with E-state index in [9.17, 15) is 14.4 Å². The standard InChI is InChI=1S/C11H19N3O4/c1-2-12-11(18)13-9(15)6-14(7-10(16)17)5-8-3-4-8/h8H,2-7H2,1H3,(H,16,17)(H2,12,13,15,18). The van der Waals surface area contributed by atoms with E-state index in [0.29, 0.717) is 19.0 Å². The number of carbonyl (C=O) groups is 3. The smallest absolute Gasteiger partial charge is 0.321 e. The minimum atomic E-state index is -0.971. The Hall–Kier alpha value is -1.63. The van der Waals surface area contributed by atoms with Gasteiger partial charge in [0.15, 0.2) is 0 Å². The number of hydrogen-bond donors (Lipinski definition) is 3. The summed E-state index contributed by atoms with van der Waals surface area (Å²) in [6.07, 6.45) is 2.15. The maximum Gasteiger partial charge on any atom is 0.321 e. The highest BCUT2D eigenvalue weighted by molar-refractivity contribution is 5.95. The first-order valence-electron chi connectivity index (χ1n) is 6.03. The molecular weight excluding hydrogens is 238 g/mol. The fourth-order valence-corrected chi connectivity index (χ4v) is 1.62. The molecule has 3 N–H and O–H groups in total. The van der Waals surface area contributed by atoms with Crippen LogP contribution < -0.4 is 10.6 Å². The Morgan fingerprint density at radius 2 is 1.94 bits per heavy atom. The molecule has 1 fully saturated rings. The van der Waals surface area contributed by atoms with Crippen molar-refractivity contribution in [1.29, 1.82) is 0 Å². The first-order valence-corrected chi connectivity index (χ1v) is 6.03. The van der Waals surface area contributed by atoms with Gasteiger partial charge in [-0.2, -0.15) is 0 Å². The molecule has 0 aromatic heterocycles. The monoisotopic (exact) mass is 257 g/mol. The normalized spacial score (nSPS) is 14.3. The van der Waals surface area contributed by atoms with Crippen LogP contribution in [0.4, 0.5) is 4.79 Å². The van der Waals surface area contributed by atoms with Crippen molar-refractivity contribution in [1.82, 2.24) is 15.5 Å². The van der Waals surface area contributed by atoms with Crippen molar-refractivity contribution in [3.05, 3.63) is 0 Å². The Kier molecular flexibility index (Phi) is 5.57. The Morgan fingerprint density at radius 3 is 2.44 bits per heavy atom. The Labute approximate surface area is 106 Å². The van der Waals surface area contributed by atoms with Gasteiger partial charge < -0.3 is 10.4 Å². The van der Waals surface area contributed by atoms with Gasteiger partial charge in [-0.25, -0.2) is 4.79 Å². The Morgan fingerprint density at radius 1 is 1.28 bits per heavy atom. The summed E-state index contributed by atoms with van der Waals surface area (Å²) in [4.78, 5) is 34.8. The van der Waals surface area contributed by atoms with Gasteiger partial charge in [-0.3, -0.25) is 19.8 Å². The molecule has 3 amide bonds. The lowest BCUT2D eigenvalue weighted by Gasteiger charge is -2.19. The molecule has 7 nitrogen and oxygen atoms in total. The summed E-state index contributed by atoms with van der Waals surface area (Å²) in [5.41, 5.74) is 0. The molecule has 1 rings (SSSR count). The minimum Gasteiger partial charge on any atom is -0.480 e. The van der Waals surface area contributed by atoms with Crippen molar-refractivity contribution in [2.24, 2.45) is 5.92 Å². The minimum absolute atomic E-state index is 0.0695. The average Bonchev–Trinajstić information content (AvgIpc) is 2.99. The SMILES string of the molecule is CCNC(=O)NC(=O)CN(CC(=O)O)CC1CC1. The lowest BCUT2D eigenvalue weighted by Crippen LogP contribution is -2.45. The van der Waals surface area contributed by atoms with Crippen LogP contribution in [0.15, 0.2) is 0 Å². The maximum absolute atomic E-state index is 11.5. The number of carboxylic acid groups (broad SMARTS) is 1. The fourth-order valence-electron chi connectivity index (χ4n) is 1.62. The Bertz CT molecular complexity index is 328. The number of aliphatic carboxylic acids is 1. The summed E-state index contributed by atoms with van der Waals surface area (Å²) in [6.45, 7) is 2.52. The summed E-state index contributed by atoms with van der Waals surface area (Å²) in [6, 6.07) is -0.552. The van der Waals surface area contributed by atoms with E-state index in [2.05, 4.69) is 10.6 Å². The molecule has 0 aromatic carbocycles. The van der Waals surface area contributed by atoms with Gasteiger partial charge >= 0.3 is 12.0 Å². The van der Waals surface area contributed by atoms with Crippen LogP contribution in [-0.2, 0) is 9.59 Å². The first-order chi connectivity index (χ1) is 8.51. The zero-order valence-corrected chi connectivity index (χ0v) is 10.4. The third-order valence-corrected chi connectivity index (χ3v) is 2.53. The number of urea groups is 1. The molecule has 7 heteroatoms. The largest absolute Gasteiger partial charge is 0.480 e. The molecular formula is C11H19N3O4. The topological polar surface area (TPSA) is 98.7 Å². The number of rotatable bonds is 7. The summed E-state index contributed by atoms with van der Waals surface area (Å²) in [5, 5.41) is 13.3. The quantitative estimate of drug-likeness (QED) is 0.578. The molecule has 0 bridgehead atoms. The van der Waals surface area contributed by atoms with Crippen molar-refractivity contribution in [3.63, 3.8) is 0 Å². The predicted octanol–water partition coefficient (Wildman–Crippen LogP) is -0.371. The zero-order chi connectivity index (χ0) is 13.5. The van der Waals surface area contributed by atoms with Gasteiger partial charge in [0.2, 0.25) is 5.91 Å². The number of carbonyl (C=O) groups excluding carboxylic acids is 2. The summed E-state index contributed by atoms with van der Waals surface area (Å²) >= 11 is 0. The fraction of sp³-hybridized carbons (Fsp3) is 0.727. The summed E-state index contributed by atoms with van der Waals surface area (Å²) < 4.78 is 0. The van der Waals surface area contributed by atoms with Crippen LogP contribution in [-0.4, -0.2) is 54.1 Å². The van der Waals surface area contributed by atoms with Gasteiger partial charge in [-0.15, -0.1) is 0 Å². The van der Waals surface area contributed by atoms with Crippen LogP contribution in [0.5, 0.6) is 0 Å². The second kappa shape index (κ2) is 6.95. The molecule has 0 aliphatic heterocycles. The van der Waals surface area contributed by atoms with Crippen molar-refractivity contribution >= 4 is 17.9 Å². The predicted molar refractivity (Wildman–Crippen MR) is 64.0 cm³/mol. The highest BCUT2D eigenvalue weighted by atomic mass is 16.4. The molecule has 1 aliphatic rings.